The Bertz CT molecular complexity index is 1040. The summed E-state index contributed by atoms with van der Waals surface area (Å²) >= 11 is 6.07. The third-order valence-corrected chi connectivity index (χ3v) is 4.49. The smallest absolute Gasteiger partial charge is 0.277 e. The first-order valence-corrected chi connectivity index (χ1v) is 8.62. The molecule has 7 heteroatoms. The highest BCUT2D eigenvalue weighted by Gasteiger charge is 2.20. The topological polar surface area (TPSA) is 62.2 Å². The Morgan fingerprint density at radius 3 is 2.69 bits per heavy atom. The summed E-state index contributed by atoms with van der Waals surface area (Å²) in [6.07, 6.45) is 0.406. The molecule has 0 radical (unpaired) electrons. The SMILES string of the molecule is O=c1c(Cc2cccc(Cl)c2)c(-c2ccc(F)cc2)[nH]n1C1=NCCN1. The van der Waals surface area contributed by atoms with E-state index in [1.54, 1.807) is 18.2 Å². The summed E-state index contributed by atoms with van der Waals surface area (Å²) in [4.78, 5) is 17.3. The van der Waals surface area contributed by atoms with Crippen LogP contribution in [0, 0.1) is 5.82 Å². The number of H-pyrrole nitrogens is 1. The molecule has 2 heterocycles. The van der Waals surface area contributed by atoms with Crippen LogP contribution in [0.1, 0.15) is 11.1 Å². The molecule has 3 aromatic rings. The number of aromatic nitrogens is 2. The number of nitrogens with one attached hydrogen (secondary N) is 2. The van der Waals surface area contributed by atoms with E-state index in [9.17, 15) is 9.18 Å². The van der Waals surface area contributed by atoms with Crippen LogP contribution >= 0.6 is 11.6 Å². The molecule has 0 spiro atoms. The number of nitrogens with zero attached hydrogens (tertiary/aromatic N) is 2. The Labute approximate surface area is 154 Å². The Morgan fingerprint density at radius 1 is 1.19 bits per heavy atom. The van der Waals surface area contributed by atoms with E-state index in [1.807, 2.05) is 18.2 Å². The monoisotopic (exact) mass is 370 g/mol. The van der Waals surface area contributed by atoms with Crippen LogP contribution in [0.5, 0.6) is 0 Å². The predicted molar refractivity (Wildman–Crippen MR) is 100 cm³/mol. The number of aliphatic imine (C=N–C) groups is 1. The summed E-state index contributed by atoms with van der Waals surface area (Å²) in [7, 11) is 0. The summed E-state index contributed by atoms with van der Waals surface area (Å²) in [5.74, 6) is 0.171. The Kier molecular flexibility index (Phi) is 4.34. The second-order valence-corrected chi connectivity index (χ2v) is 6.49. The van der Waals surface area contributed by atoms with Crippen molar-refractivity contribution in [2.75, 3.05) is 13.1 Å². The van der Waals surface area contributed by atoms with Gasteiger partial charge in [-0.25, -0.2) is 9.38 Å². The van der Waals surface area contributed by atoms with Crippen LogP contribution in [-0.2, 0) is 6.42 Å². The number of benzene rings is 2. The molecule has 132 valence electrons. The predicted octanol–water partition coefficient (Wildman–Crippen LogP) is 3.03. The number of halogens is 2. The summed E-state index contributed by atoms with van der Waals surface area (Å²) in [5.41, 5.74) is 2.70. The number of aromatic amines is 1. The lowest BCUT2D eigenvalue weighted by Gasteiger charge is -2.04. The summed E-state index contributed by atoms with van der Waals surface area (Å²) in [6, 6.07) is 13.4. The minimum atomic E-state index is -0.325. The minimum absolute atomic E-state index is 0.183. The second kappa shape index (κ2) is 6.80. The third-order valence-electron chi connectivity index (χ3n) is 4.26. The molecule has 2 N–H and O–H groups in total. The van der Waals surface area contributed by atoms with E-state index < -0.39 is 0 Å². The van der Waals surface area contributed by atoms with E-state index in [4.69, 9.17) is 11.6 Å². The van der Waals surface area contributed by atoms with Crippen molar-refractivity contribution < 1.29 is 4.39 Å². The summed E-state index contributed by atoms with van der Waals surface area (Å²) in [5, 5.41) is 6.82. The van der Waals surface area contributed by atoms with Gasteiger partial charge in [0.25, 0.3) is 5.56 Å². The number of hydrogen-bond acceptors (Lipinski definition) is 3. The molecule has 5 nitrogen and oxygen atoms in total. The largest absolute Gasteiger partial charge is 0.353 e. The van der Waals surface area contributed by atoms with Gasteiger partial charge in [0, 0.05) is 29.1 Å². The molecule has 0 saturated carbocycles. The highest BCUT2D eigenvalue weighted by Crippen LogP contribution is 2.23. The Hall–Kier alpha value is -2.86. The molecule has 0 saturated heterocycles. The summed E-state index contributed by atoms with van der Waals surface area (Å²) in [6.45, 7) is 1.31. The fourth-order valence-electron chi connectivity index (χ4n) is 3.03. The highest BCUT2D eigenvalue weighted by atomic mass is 35.5. The van der Waals surface area contributed by atoms with Crippen molar-refractivity contribution in [3.8, 4) is 11.3 Å². The van der Waals surface area contributed by atoms with Gasteiger partial charge in [-0.2, -0.15) is 4.68 Å². The van der Waals surface area contributed by atoms with Gasteiger partial charge in [0.15, 0.2) is 0 Å². The van der Waals surface area contributed by atoms with Crippen LogP contribution in [0.25, 0.3) is 11.3 Å². The fraction of sp³-hybridized carbons (Fsp3) is 0.158. The van der Waals surface area contributed by atoms with Gasteiger partial charge in [0.1, 0.15) is 5.82 Å². The first-order chi connectivity index (χ1) is 12.6. The zero-order valence-corrected chi connectivity index (χ0v) is 14.6. The first-order valence-electron chi connectivity index (χ1n) is 8.25. The van der Waals surface area contributed by atoms with Crippen molar-refractivity contribution in [3.63, 3.8) is 0 Å². The van der Waals surface area contributed by atoms with Gasteiger partial charge < -0.3 is 5.32 Å². The zero-order chi connectivity index (χ0) is 18.1. The van der Waals surface area contributed by atoms with Gasteiger partial charge >= 0.3 is 0 Å². The minimum Gasteiger partial charge on any atom is -0.353 e. The molecule has 0 aliphatic carbocycles. The maximum atomic E-state index is 13.3. The van der Waals surface area contributed by atoms with Crippen LogP contribution in [0.15, 0.2) is 58.3 Å². The first kappa shape index (κ1) is 16.6. The van der Waals surface area contributed by atoms with Crippen LogP contribution in [0.4, 0.5) is 4.39 Å². The lowest BCUT2D eigenvalue weighted by atomic mass is 10.0. The average Bonchev–Trinajstić information content (AvgIpc) is 3.25. The molecule has 0 fully saturated rings. The summed E-state index contributed by atoms with van der Waals surface area (Å²) < 4.78 is 14.7. The van der Waals surface area contributed by atoms with E-state index in [-0.39, 0.29) is 11.4 Å². The van der Waals surface area contributed by atoms with Crippen LogP contribution < -0.4 is 10.9 Å². The van der Waals surface area contributed by atoms with Gasteiger partial charge in [-0.1, -0.05) is 23.7 Å². The zero-order valence-electron chi connectivity index (χ0n) is 13.8. The van der Waals surface area contributed by atoms with Crippen molar-refractivity contribution >= 4 is 17.6 Å². The van der Waals surface area contributed by atoms with Crippen molar-refractivity contribution in [2.45, 2.75) is 6.42 Å². The van der Waals surface area contributed by atoms with Crippen LogP contribution in [0.2, 0.25) is 5.02 Å². The molecule has 4 rings (SSSR count). The van der Waals surface area contributed by atoms with Crippen molar-refractivity contribution in [1.82, 2.24) is 15.1 Å². The van der Waals surface area contributed by atoms with E-state index in [1.165, 1.54) is 16.8 Å². The maximum absolute atomic E-state index is 13.3. The van der Waals surface area contributed by atoms with E-state index >= 15 is 0 Å². The molecule has 1 aliphatic heterocycles. The molecule has 2 aromatic carbocycles. The standard InChI is InChI=1S/C19H16ClFN4O/c20-14-3-1-2-12(10-14)11-16-17(13-4-6-15(21)7-5-13)24-25(18(16)26)19-22-8-9-23-19/h1-7,10,24H,8-9,11H2,(H,22,23). The second-order valence-electron chi connectivity index (χ2n) is 6.05. The van der Waals surface area contributed by atoms with Crippen molar-refractivity contribution in [3.05, 3.63) is 80.9 Å². The van der Waals surface area contributed by atoms with Crippen LogP contribution in [0.3, 0.4) is 0 Å². The van der Waals surface area contributed by atoms with Gasteiger partial charge in [0.05, 0.1) is 12.2 Å². The molecular formula is C19H16ClFN4O. The lowest BCUT2D eigenvalue weighted by Crippen LogP contribution is -2.34. The van der Waals surface area contributed by atoms with Crippen LogP contribution in [-0.4, -0.2) is 28.8 Å². The molecule has 1 aromatic heterocycles. The quantitative estimate of drug-likeness (QED) is 0.744. The van der Waals surface area contributed by atoms with Gasteiger partial charge in [-0.3, -0.25) is 9.89 Å². The fourth-order valence-corrected chi connectivity index (χ4v) is 3.24. The molecule has 0 unspecified atom stereocenters. The van der Waals surface area contributed by atoms with Crippen molar-refractivity contribution in [1.29, 1.82) is 0 Å². The van der Waals surface area contributed by atoms with Crippen molar-refractivity contribution in [2.24, 2.45) is 4.99 Å². The highest BCUT2D eigenvalue weighted by molar-refractivity contribution is 6.30. The lowest BCUT2D eigenvalue weighted by molar-refractivity contribution is 0.628. The molecule has 26 heavy (non-hydrogen) atoms. The number of hydrogen-bond donors (Lipinski definition) is 2. The van der Waals surface area contributed by atoms with E-state index in [0.29, 0.717) is 41.7 Å². The molecule has 0 atom stereocenters. The van der Waals surface area contributed by atoms with Gasteiger partial charge in [0.2, 0.25) is 5.96 Å². The Balaban J connectivity index is 1.84. The average molecular weight is 371 g/mol. The van der Waals surface area contributed by atoms with Gasteiger partial charge in [-0.15, -0.1) is 0 Å². The normalized spacial score (nSPS) is 13.5. The van der Waals surface area contributed by atoms with E-state index in [0.717, 1.165) is 11.1 Å². The van der Waals surface area contributed by atoms with Gasteiger partial charge in [-0.05, 0) is 42.0 Å². The van der Waals surface area contributed by atoms with E-state index in [2.05, 4.69) is 15.4 Å². The molecule has 0 bridgehead atoms. The number of rotatable bonds is 3. The molecule has 0 amide bonds. The molecular weight excluding hydrogens is 355 g/mol. The maximum Gasteiger partial charge on any atom is 0.277 e. The Morgan fingerprint density at radius 2 is 2.00 bits per heavy atom. The third kappa shape index (κ3) is 3.15. The molecule has 1 aliphatic rings.